The molecule has 0 aliphatic carbocycles. The summed E-state index contributed by atoms with van der Waals surface area (Å²) in [5, 5.41) is 8.21. The summed E-state index contributed by atoms with van der Waals surface area (Å²) in [4.78, 5) is 10.0. The van der Waals surface area contributed by atoms with E-state index in [4.69, 9.17) is 5.11 Å². The van der Waals surface area contributed by atoms with E-state index in [1.54, 1.807) is 0 Å². The van der Waals surface area contributed by atoms with Gasteiger partial charge < -0.3 is 9.52 Å². The van der Waals surface area contributed by atoms with Crippen LogP contribution < -0.4 is 0 Å². The van der Waals surface area contributed by atoms with Crippen LogP contribution >= 0.6 is 0 Å². The Morgan fingerprint density at radius 1 is 0.800 bits per heavy atom. The van der Waals surface area contributed by atoms with Crippen LogP contribution in [0.25, 0.3) is 11.1 Å². The molecule has 0 bridgehead atoms. The molecule has 0 fully saturated rings. The van der Waals surface area contributed by atoms with E-state index in [1.807, 2.05) is 12.1 Å². The third-order valence-corrected chi connectivity index (χ3v) is 2.65. The van der Waals surface area contributed by atoms with Crippen LogP contribution in [0.15, 0.2) is 83.7 Å². The van der Waals surface area contributed by atoms with Gasteiger partial charge in [0, 0.05) is 0 Å². The summed E-state index contributed by atoms with van der Waals surface area (Å²) < 4.78 is 4.49. The minimum atomic E-state index is -0.959. The first-order chi connectivity index (χ1) is 9.77. The SMILES string of the molecule is O=C(O)c1ccoc1.c1ccc(-c2ccccc2)cc1. The van der Waals surface area contributed by atoms with E-state index in [0.29, 0.717) is 0 Å². The summed E-state index contributed by atoms with van der Waals surface area (Å²) in [6.07, 6.45) is 2.51. The Balaban J connectivity index is 0.000000160. The number of carbonyl (C=O) groups is 1. The van der Waals surface area contributed by atoms with Crippen molar-refractivity contribution in [3.8, 4) is 11.1 Å². The summed E-state index contributed by atoms with van der Waals surface area (Å²) in [5.74, 6) is -0.959. The van der Waals surface area contributed by atoms with E-state index in [9.17, 15) is 4.79 Å². The standard InChI is InChI=1S/C12H10.C5H4O3/c1-3-7-11(8-4-1)12-9-5-2-6-10-12;6-5(7)4-1-2-8-3-4/h1-10H;1-3H,(H,6,7). The fourth-order valence-corrected chi connectivity index (χ4v) is 1.65. The van der Waals surface area contributed by atoms with Gasteiger partial charge in [0.1, 0.15) is 6.26 Å². The third-order valence-electron chi connectivity index (χ3n) is 2.65. The van der Waals surface area contributed by atoms with Gasteiger partial charge in [-0.15, -0.1) is 0 Å². The van der Waals surface area contributed by atoms with E-state index in [1.165, 1.54) is 29.7 Å². The molecule has 0 radical (unpaired) electrons. The van der Waals surface area contributed by atoms with Gasteiger partial charge in [-0.1, -0.05) is 60.7 Å². The van der Waals surface area contributed by atoms with Crippen LogP contribution in [-0.2, 0) is 0 Å². The maximum absolute atomic E-state index is 10.0. The molecule has 2 aromatic carbocycles. The quantitative estimate of drug-likeness (QED) is 0.751. The second-order valence-corrected chi connectivity index (χ2v) is 4.05. The molecular weight excluding hydrogens is 252 g/mol. The zero-order chi connectivity index (χ0) is 14.2. The van der Waals surface area contributed by atoms with E-state index >= 15 is 0 Å². The molecular formula is C17H14O3. The van der Waals surface area contributed by atoms with Crippen molar-refractivity contribution in [3.05, 3.63) is 84.8 Å². The molecule has 3 nitrogen and oxygen atoms in total. The van der Waals surface area contributed by atoms with Crippen LogP contribution in [0.1, 0.15) is 10.4 Å². The van der Waals surface area contributed by atoms with Gasteiger partial charge >= 0.3 is 5.97 Å². The highest BCUT2D eigenvalue weighted by atomic mass is 16.4. The highest BCUT2D eigenvalue weighted by Gasteiger charge is 2.00. The fraction of sp³-hybridized carbons (Fsp3) is 0. The molecule has 0 amide bonds. The van der Waals surface area contributed by atoms with Crippen molar-refractivity contribution in [2.75, 3.05) is 0 Å². The van der Waals surface area contributed by atoms with Crippen molar-refractivity contribution in [3.63, 3.8) is 0 Å². The average molecular weight is 266 g/mol. The smallest absolute Gasteiger partial charge is 0.338 e. The Bertz CT molecular complexity index is 591. The molecule has 20 heavy (non-hydrogen) atoms. The lowest BCUT2D eigenvalue weighted by atomic mass is 10.1. The predicted molar refractivity (Wildman–Crippen MR) is 77.5 cm³/mol. The van der Waals surface area contributed by atoms with Crippen molar-refractivity contribution in [2.45, 2.75) is 0 Å². The zero-order valence-corrected chi connectivity index (χ0v) is 10.8. The van der Waals surface area contributed by atoms with Crippen molar-refractivity contribution < 1.29 is 14.3 Å². The van der Waals surface area contributed by atoms with Crippen molar-refractivity contribution in [1.29, 1.82) is 0 Å². The van der Waals surface area contributed by atoms with Crippen LogP contribution in [0.5, 0.6) is 0 Å². The number of furan rings is 1. The molecule has 0 spiro atoms. The van der Waals surface area contributed by atoms with Crippen LogP contribution in [0.2, 0.25) is 0 Å². The Hall–Kier alpha value is -2.81. The maximum Gasteiger partial charge on any atom is 0.338 e. The second kappa shape index (κ2) is 6.95. The second-order valence-electron chi connectivity index (χ2n) is 4.05. The Labute approximate surface area is 117 Å². The first-order valence-electron chi connectivity index (χ1n) is 6.13. The number of aromatic carboxylic acids is 1. The van der Waals surface area contributed by atoms with Gasteiger partial charge in [-0.05, 0) is 17.2 Å². The summed E-state index contributed by atoms with van der Waals surface area (Å²) >= 11 is 0. The van der Waals surface area contributed by atoms with Crippen LogP contribution in [0.4, 0.5) is 0 Å². The van der Waals surface area contributed by atoms with Crippen molar-refractivity contribution in [1.82, 2.24) is 0 Å². The fourth-order valence-electron chi connectivity index (χ4n) is 1.65. The predicted octanol–water partition coefficient (Wildman–Crippen LogP) is 4.33. The van der Waals surface area contributed by atoms with Gasteiger partial charge in [0.15, 0.2) is 0 Å². The average Bonchev–Trinajstić information content (AvgIpc) is 3.04. The Kier molecular flexibility index (Phi) is 4.73. The maximum atomic E-state index is 10.0. The molecule has 0 aliphatic heterocycles. The van der Waals surface area contributed by atoms with Gasteiger partial charge in [-0.2, -0.15) is 0 Å². The molecule has 3 aromatic rings. The molecule has 0 atom stereocenters. The van der Waals surface area contributed by atoms with Gasteiger partial charge in [0.2, 0.25) is 0 Å². The minimum absolute atomic E-state index is 0.185. The molecule has 3 heteroatoms. The highest BCUT2D eigenvalue weighted by Crippen LogP contribution is 2.17. The minimum Gasteiger partial charge on any atom is -0.478 e. The Morgan fingerprint density at radius 3 is 1.60 bits per heavy atom. The van der Waals surface area contributed by atoms with Gasteiger partial charge in [-0.3, -0.25) is 0 Å². The molecule has 0 unspecified atom stereocenters. The number of benzene rings is 2. The number of carboxylic acids is 1. The Morgan fingerprint density at radius 2 is 1.30 bits per heavy atom. The molecule has 0 saturated carbocycles. The molecule has 0 saturated heterocycles. The lowest BCUT2D eigenvalue weighted by molar-refractivity contribution is 0.0696. The first kappa shape index (κ1) is 13.6. The van der Waals surface area contributed by atoms with E-state index in [0.717, 1.165) is 0 Å². The lowest BCUT2D eigenvalue weighted by Gasteiger charge is -1.98. The summed E-state index contributed by atoms with van der Waals surface area (Å²) in [6.45, 7) is 0. The summed E-state index contributed by atoms with van der Waals surface area (Å²) in [5.41, 5.74) is 2.74. The van der Waals surface area contributed by atoms with Crippen LogP contribution in [-0.4, -0.2) is 11.1 Å². The van der Waals surface area contributed by atoms with Crippen molar-refractivity contribution >= 4 is 5.97 Å². The molecule has 0 aliphatic rings. The number of carboxylic acid groups (broad SMARTS) is 1. The number of hydrogen-bond donors (Lipinski definition) is 1. The first-order valence-corrected chi connectivity index (χ1v) is 6.13. The number of hydrogen-bond acceptors (Lipinski definition) is 2. The molecule has 1 aromatic heterocycles. The number of rotatable bonds is 2. The van der Waals surface area contributed by atoms with Gasteiger partial charge in [-0.25, -0.2) is 4.79 Å². The van der Waals surface area contributed by atoms with E-state index < -0.39 is 5.97 Å². The monoisotopic (exact) mass is 266 g/mol. The largest absolute Gasteiger partial charge is 0.478 e. The topological polar surface area (TPSA) is 50.4 Å². The van der Waals surface area contributed by atoms with Crippen LogP contribution in [0, 0.1) is 0 Å². The van der Waals surface area contributed by atoms with E-state index in [2.05, 4.69) is 52.9 Å². The van der Waals surface area contributed by atoms with Gasteiger partial charge in [0.05, 0.1) is 11.8 Å². The lowest BCUT2D eigenvalue weighted by Crippen LogP contribution is -1.90. The molecule has 100 valence electrons. The zero-order valence-electron chi connectivity index (χ0n) is 10.8. The van der Waals surface area contributed by atoms with Gasteiger partial charge in [0.25, 0.3) is 0 Å². The van der Waals surface area contributed by atoms with E-state index in [-0.39, 0.29) is 5.56 Å². The third kappa shape index (κ3) is 3.85. The summed E-state index contributed by atoms with van der Waals surface area (Å²) in [6, 6.07) is 22.2. The molecule has 3 rings (SSSR count). The summed E-state index contributed by atoms with van der Waals surface area (Å²) in [7, 11) is 0. The highest BCUT2D eigenvalue weighted by molar-refractivity contribution is 5.86. The normalized spacial score (nSPS) is 9.40. The molecule has 1 heterocycles. The molecule has 1 N–H and O–H groups in total. The van der Waals surface area contributed by atoms with Crippen LogP contribution in [0.3, 0.4) is 0 Å². The van der Waals surface area contributed by atoms with Crippen molar-refractivity contribution in [2.24, 2.45) is 0 Å².